The molecule has 13 heteroatoms. The van der Waals surface area contributed by atoms with Crippen molar-refractivity contribution in [2.24, 2.45) is 5.11 Å². The first-order valence-electron chi connectivity index (χ1n) is 11.6. The molecule has 1 heterocycles. The fourth-order valence-electron chi connectivity index (χ4n) is 3.88. The van der Waals surface area contributed by atoms with Crippen LogP contribution in [0.1, 0.15) is 35.2 Å². The second-order valence-electron chi connectivity index (χ2n) is 8.15. The number of benzene rings is 2. The molecule has 2 aromatic rings. The van der Waals surface area contributed by atoms with Gasteiger partial charge in [-0.05, 0) is 42.8 Å². The van der Waals surface area contributed by atoms with Gasteiger partial charge >= 0.3 is 6.36 Å². The lowest BCUT2D eigenvalue weighted by Gasteiger charge is -2.25. The first-order valence-corrected chi connectivity index (χ1v) is 11.6. The number of fused-ring (bicyclic) bond motifs is 1. The molecule has 202 valence electrons. The van der Waals surface area contributed by atoms with Crippen molar-refractivity contribution in [3.8, 4) is 11.5 Å². The molecule has 0 aliphatic carbocycles. The predicted octanol–water partition coefficient (Wildman–Crippen LogP) is 4.39. The maximum absolute atomic E-state index is 13.0. The summed E-state index contributed by atoms with van der Waals surface area (Å²) >= 11 is 0. The lowest BCUT2D eigenvalue weighted by Crippen LogP contribution is -2.46. The minimum absolute atomic E-state index is 0.114. The summed E-state index contributed by atoms with van der Waals surface area (Å²) in [5.74, 6) is -0.606. The Morgan fingerprint density at radius 1 is 1.24 bits per heavy atom. The Morgan fingerprint density at radius 2 is 1.97 bits per heavy atom. The largest absolute Gasteiger partial charge is 0.573 e. The number of hydrogen-bond donors (Lipinski definition) is 3. The zero-order valence-corrected chi connectivity index (χ0v) is 20.4. The number of aldehydes is 1. The van der Waals surface area contributed by atoms with Crippen molar-refractivity contribution in [2.45, 2.75) is 38.2 Å². The third kappa shape index (κ3) is 7.31. The van der Waals surface area contributed by atoms with Crippen LogP contribution in [0.15, 0.2) is 59.5 Å². The monoisotopic (exact) mass is 533 g/mol. The Kier molecular flexibility index (Phi) is 9.41. The SMILES string of the molecule is CNC(=O)C(CCC=O)N1Cc2c(OCC/C(=C/Nc3ccc(OC(F)(F)F)cc3)N=N)cccc2C1=O. The van der Waals surface area contributed by atoms with Crippen LogP contribution in [0.2, 0.25) is 0 Å². The Balaban J connectivity index is 1.61. The van der Waals surface area contributed by atoms with Gasteiger partial charge in [0.25, 0.3) is 5.91 Å². The fraction of sp³-hybridized carbons (Fsp3) is 0.320. The number of hydrogen-bond acceptors (Lipinski definition) is 8. The van der Waals surface area contributed by atoms with Crippen LogP contribution in [-0.2, 0) is 16.1 Å². The van der Waals surface area contributed by atoms with Gasteiger partial charge in [-0.15, -0.1) is 13.2 Å². The molecule has 1 aliphatic heterocycles. The maximum Gasteiger partial charge on any atom is 0.573 e. The van der Waals surface area contributed by atoms with Crippen LogP contribution in [0.5, 0.6) is 11.5 Å². The van der Waals surface area contributed by atoms with Crippen LogP contribution in [0.25, 0.3) is 0 Å². The summed E-state index contributed by atoms with van der Waals surface area (Å²) in [7, 11) is 1.47. The van der Waals surface area contributed by atoms with E-state index in [1.165, 1.54) is 30.3 Å². The van der Waals surface area contributed by atoms with Gasteiger partial charge < -0.3 is 29.8 Å². The van der Waals surface area contributed by atoms with Crippen LogP contribution in [-0.4, -0.2) is 49.1 Å². The lowest BCUT2D eigenvalue weighted by atomic mass is 10.1. The van der Waals surface area contributed by atoms with E-state index in [0.29, 0.717) is 34.5 Å². The summed E-state index contributed by atoms with van der Waals surface area (Å²) in [5.41, 5.74) is 9.17. The van der Waals surface area contributed by atoms with Gasteiger partial charge in [0.05, 0.1) is 18.8 Å². The summed E-state index contributed by atoms with van der Waals surface area (Å²) in [6.07, 6.45) is -2.10. The van der Waals surface area contributed by atoms with Gasteiger partial charge in [-0.2, -0.15) is 5.11 Å². The van der Waals surface area contributed by atoms with Crippen molar-refractivity contribution in [1.29, 1.82) is 5.53 Å². The number of carbonyl (C=O) groups is 3. The van der Waals surface area contributed by atoms with E-state index >= 15 is 0 Å². The third-order valence-electron chi connectivity index (χ3n) is 5.69. The van der Waals surface area contributed by atoms with E-state index in [1.807, 2.05) is 0 Å². The molecular weight excluding hydrogens is 507 g/mol. The summed E-state index contributed by atoms with van der Waals surface area (Å²) in [4.78, 5) is 37.6. The topological polar surface area (TPSA) is 133 Å². The quantitative estimate of drug-likeness (QED) is 0.258. The zero-order valence-electron chi connectivity index (χ0n) is 20.4. The highest BCUT2D eigenvalue weighted by molar-refractivity contribution is 6.01. The van der Waals surface area contributed by atoms with Gasteiger partial charge in [0, 0.05) is 42.9 Å². The van der Waals surface area contributed by atoms with E-state index in [1.54, 1.807) is 18.2 Å². The molecular formula is C25H26F3N5O5. The van der Waals surface area contributed by atoms with Gasteiger partial charge in [-0.1, -0.05) is 6.07 Å². The first kappa shape index (κ1) is 28.2. The third-order valence-corrected chi connectivity index (χ3v) is 5.69. The van der Waals surface area contributed by atoms with Gasteiger partial charge in [0.1, 0.15) is 23.8 Å². The number of rotatable bonds is 13. The predicted molar refractivity (Wildman–Crippen MR) is 130 cm³/mol. The zero-order chi connectivity index (χ0) is 27.7. The highest BCUT2D eigenvalue weighted by Gasteiger charge is 2.37. The number of alkyl halides is 3. The average molecular weight is 534 g/mol. The maximum atomic E-state index is 13.0. The van der Waals surface area contributed by atoms with E-state index < -0.39 is 12.4 Å². The van der Waals surface area contributed by atoms with Crippen LogP contribution in [0, 0.1) is 5.53 Å². The molecule has 3 N–H and O–H groups in total. The summed E-state index contributed by atoms with van der Waals surface area (Å²) in [5, 5.41) is 8.82. The standard InChI is InChI=1S/C25H26F3N5O5/c1-30-23(35)21(5-3-12-34)33-15-20-19(24(33)36)4-2-6-22(20)37-13-11-17(32-29)14-31-16-7-9-18(10-8-16)38-25(26,27)28/h2,4,6-10,12,14,21,29,31H,3,5,11,13,15H2,1H3,(H,30,35)/b17-14-,32-29?. The lowest BCUT2D eigenvalue weighted by molar-refractivity contribution is -0.274. The molecule has 0 radical (unpaired) electrons. The number of nitrogens with zero attached hydrogens (tertiary/aromatic N) is 2. The number of anilines is 1. The highest BCUT2D eigenvalue weighted by atomic mass is 19.4. The summed E-state index contributed by atoms with van der Waals surface area (Å²) < 4.78 is 46.5. The molecule has 0 spiro atoms. The van der Waals surface area contributed by atoms with Crippen LogP contribution < -0.4 is 20.1 Å². The van der Waals surface area contributed by atoms with Crippen molar-refractivity contribution in [1.82, 2.24) is 10.2 Å². The molecule has 1 unspecified atom stereocenters. The Labute approximate surface area is 216 Å². The minimum atomic E-state index is -4.78. The summed E-state index contributed by atoms with van der Waals surface area (Å²) in [6, 6.07) is 9.27. The second-order valence-corrected chi connectivity index (χ2v) is 8.15. The normalized spacial score (nSPS) is 13.9. The summed E-state index contributed by atoms with van der Waals surface area (Å²) in [6.45, 7) is 0.255. The van der Waals surface area contributed by atoms with Crippen LogP contribution >= 0.6 is 0 Å². The number of amides is 2. The van der Waals surface area contributed by atoms with Gasteiger partial charge in [-0.25, -0.2) is 5.53 Å². The molecule has 0 bridgehead atoms. The molecule has 3 rings (SSSR count). The van der Waals surface area contributed by atoms with E-state index in [-0.39, 0.29) is 50.0 Å². The Hall–Kier alpha value is -4.42. The van der Waals surface area contributed by atoms with Crippen molar-refractivity contribution in [3.63, 3.8) is 0 Å². The molecule has 0 fully saturated rings. The fourth-order valence-corrected chi connectivity index (χ4v) is 3.88. The van der Waals surface area contributed by atoms with E-state index in [0.717, 1.165) is 12.1 Å². The Bertz CT molecular complexity index is 1200. The molecule has 10 nitrogen and oxygen atoms in total. The smallest absolute Gasteiger partial charge is 0.493 e. The molecule has 2 aromatic carbocycles. The molecule has 1 aliphatic rings. The van der Waals surface area contributed by atoms with Gasteiger partial charge in [0.2, 0.25) is 5.91 Å². The van der Waals surface area contributed by atoms with Crippen molar-refractivity contribution < 1.29 is 37.0 Å². The number of likely N-dealkylation sites (N-methyl/N-ethyl adjacent to an activating group) is 1. The van der Waals surface area contributed by atoms with E-state index in [4.69, 9.17) is 10.3 Å². The first-order chi connectivity index (χ1) is 18.2. The molecule has 2 amide bonds. The minimum Gasteiger partial charge on any atom is -0.493 e. The van der Waals surface area contributed by atoms with Crippen LogP contribution in [0.4, 0.5) is 18.9 Å². The number of carbonyl (C=O) groups excluding carboxylic acids is 3. The van der Waals surface area contributed by atoms with E-state index in [2.05, 4.69) is 20.5 Å². The highest BCUT2D eigenvalue weighted by Crippen LogP contribution is 2.33. The molecule has 0 saturated carbocycles. The average Bonchev–Trinajstić information content (AvgIpc) is 3.23. The van der Waals surface area contributed by atoms with Crippen molar-refractivity contribution in [3.05, 3.63) is 65.5 Å². The number of halogens is 3. The molecule has 0 aromatic heterocycles. The number of nitrogens with one attached hydrogen (secondary N) is 3. The molecule has 0 saturated heterocycles. The number of ether oxygens (including phenoxy) is 2. The molecule has 1 atom stereocenters. The van der Waals surface area contributed by atoms with Crippen molar-refractivity contribution >= 4 is 23.8 Å². The van der Waals surface area contributed by atoms with Crippen LogP contribution in [0.3, 0.4) is 0 Å². The Morgan fingerprint density at radius 3 is 2.61 bits per heavy atom. The van der Waals surface area contributed by atoms with Crippen molar-refractivity contribution in [2.75, 3.05) is 19.0 Å². The van der Waals surface area contributed by atoms with Gasteiger partial charge in [0.15, 0.2) is 0 Å². The van der Waals surface area contributed by atoms with Gasteiger partial charge in [-0.3, -0.25) is 9.59 Å². The molecule has 38 heavy (non-hydrogen) atoms. The van der Waals surface area contributed by atoms with E-state index in [9.17, 15) is 27.6 Å². The second kappa shape index (κ2) is 12.7.